The number of fused-ring (bicyclic) bond motifs is 3. The van der Waals surface area contributed by atoms with Gasteiger partial charge in [-0.25, -0.2) is 13.1 Å². The van der Waals surface area contributed by atoms with Crippen molar-refractivity contribution in [2.45, 2.75) is 25.0 Å². The quantitative estimate of drug-likeness (QED) is 0.179. The maximum absolute atomic E-state index is 14.3. The molecule has 1 atom stereocenters. The Balaban J connectivity index is 1.59. The molecule has 6 rings (SSSR count). The molecule has 216 valence electrons. The van der Waals surface area contributed by atoms with Crippen LogP contribution in [-0.4, -0.2) is 27.3 Å². The molecule has 5 aromatic carbocycles. The summed E-state index contributed by atoms with van der Waals surface area (Å²) in [5.41, 5.74) is 5.20. The van der Waals surface area contributed by atoms with Gasteiger partial charge < -0.3 is 5.32 Å². The van der Waals surface area contributed by atoms with Crippen molar-refractivity contribution < 1.29 is 18.0 Å². The van der Waals surface area contributed by atoms with Gasteiger partial charge in [0.1, 0.15) is 6.42 Å². The Labute approximate surface area is 251 Å². The van der Waals surface area contributed by atoms with Gasteiger partial charge in [-0.05, 0) is 72.3 Å². The van der Waals surface area contributed by atoms with Crippen molar-refractivity contribution in [1.29, 1.82) is 0 Å². The van der Waals surface area contributed by atoms with Gasteiger partial charge in [-0.3, -0.25) is 14.5 Å². The lowest BCUT2D eigenvalue weighted by atomic mass is 9.81. The Morgan fingerprint density at radius 1 is 0.767 bits per heavy atom. The highest BCUT2D eigenvalue weighted by molar-refractivity contribution is 7.90. The summed E-state index contributed by atoms with van der Waals surface area (Å²) < 4.78 is 29.6. The average molecular weight is 590 g/mol. The maximum atomic E-state index is 14.3. The van der Waals surface area contributed by atoms with Crippen LogP contribution in [0.4, 0.5) is 17.1 Å². The molecule has 0 radical (unpaired) electrons. The predicted molar refractivity (Wildman–Crippen MR) is 171 cm³/mol. The second-order valence-corrected chi connectivity index (χ2v) is 12.7. The number of sulfonamides is 1. The van der Waals surface area contributed by atoms with Crippen LogP contribution in [-0.2, 0) is 24.4 Å². The molecule has 0 fully saturated rings. The number of aryl methyl sites for hydroxylation is 1. The Morgan fingerprint density at radius 2 is 1.44 bits per heavy atom. The summed E-state index contributed by atoms with van der Waals surface area (Å²) in [6, 6.07) is 33.3. The first-order valence-corrected chi connectivity index (χ1v) is 15.5. The zero-order valence-electron chi connectivity index (χ0n) is 24.1. The number of amides is 2. The van der Waals surface area contributed by atoms with Crippen LogP contribution in [0.5, 0.6) is 0 Å². The largest absolute Gasteiger partial charge is 0.323 e. The Kier molecular flexibility index (Phi) is 7.12. The molecular weight excluding hydrogens is 558 g/mol. The molecule has 0 saturated heterocycles. The van der Waals surface area contributed by atoms with Gasteiger partial charge in [0.15, 0.2) is 4.75 Å². The fourth-order valence-electron chi connectivity index (χ4n) is 6.13. The van der Waals surface area contributed by atoms with E-state index in [0.717, 1.165) is 21.9 Å². The van der Waals surface area contributed by atoms with E-state index in [9.17, 15) is 18.0 Å². The lowest BCUT2D eigenvalue weighted by Crippen LogP contribution is -2.45. The SMILES string of the molecule is CNS(=O)(=O)C(c1ccccc1)(c1ccc(N2C(=O)CC(=O)Nc3c2ccc2ccccc32)cc1)c1cccc(C)c1C. The summed E-state index contributed by atoms with van der Waals surface area (Å²) in [4.78, 5) is 27.8. The molecule has 1 heterocycles. The molecule has 2 N–H and O–H groups in total. The number of anilines is 3. The first kappa shape index (κ1) is 28.3. The molecule has 1 aliphatic heterocycles. The Bertz CT molecular complexity index is 1990. The third-order valence-electron chi connectivity index (χ3n) is 8.34. The van der Waals surface area contributed by atoms with Crippen LogP contribution >= 0.6 is 0 Å². The van der Waals surface area contributed by atoms with E-state index >= 15 is 0 Å². The van der Waals surface area contributed by atoms with Crippen molar-refractivity contribution in [3.05, 3.63) is 137 Å². The Hall–Kier alpha value is -4.79. The minimum Gasteiger partial charge on any atom is -0.323 e. The number of hydrogen-bond acceptors (Lipinski definition) is 4. The molecule has 2 amide bonds. The highest BCUT2D eigenvalue weighted by atomic mass is 32.2. The second-order valence-electron chi connectivity index (χ2n) is 10.7. The van der Waals surface area contributed by atoms with Crippen LogP contribution in [0.2, 0.25) is 0 Å². The van der Waals surface area contributed by atoms with Crippen LogP contribution in [0, 0.1) is 13.8 Å². The normalized spacial score (nSPS) is 15.0. The molecule has 0 aromatic heterocycles. The fraction of sp³-hybridized carbons (Fsp3) is 0.143. The van der Waals surface area contributed by atoms with E-state index in [4.69, 9.17) is 0 Å². The number of hydrogen-bond donors (Lipinski definition) is 2. The van der Waals surface area contributed by atoms with E-state index in [1.807, 2.05) is 98.8 Å². The molecule has 0 saturated carbocycles. The van der Waals surface area contributed by atoms with Gasteiger partial charge in [-0.1, -0.05) is 91.0 Å². The molecule has 5 aromatic rings. The molecule has 0 spiro atoms. The summed E-state index contributed by atoms with van der Waals surface area (Å²) >= 11 is 0. The molecule has 7 nitrogen and oxygen atoms in total. The van der Waals surface area contributed by atoms with E-state index in [-0.39, 0.29) is 18.2 Å². The van der Waals surface area contributed by atoms with Crippen molar-refractivity contribution in [2.75, 3.05) is 17.3 Å². The monoisotopic (exact) mass is 589 g/mol. The average Bonchev–Trinajstić information content (AvgIpc) is 3.14. The standard InChI is InChI=1S/C35H31N3O4S/c1-23-10-9-15-30(24(23)2)35(43(41,42)36-3,26-12-5-4-6-13-26)27-17-19-28(20-18-27)38-31-21-16-25-11-7-8-14-29(25)34(31)37-32(39)22-33(38)40/h4-21,36H,22H2,1-3H3,(H,37,39). The molecular formula is C35H31N3O4S. The summed E-state index contributed by atoms with van der Waals surface area (Å²) in [5, 5.41) is 4.68. The van der Waals surface area contributed by atoms with Gasteiger partial charge in [0, 0.05) is 11.1 Å². The number of rotatable bonds is 6. The van der Waals surface area contributed by atoms with Crippen LogP contribution in [0.25, 0.3) is 10.8 Å². The minimum atomic E-state index is -4.04. The van der Waals surface area contributed by atoms with Crippen LogP contribution < -0.4 is 14.9 Å². The van der Waals surface area contributed by atoms with Crippen LogP contribution in [0.15, 0.2) is 109 Å². The topological polar surface area (TPSA) is 95.6 Å². The van der Waals surface area contributed by atoms with Gasteiger partial charge in [-0.2, -0.15) is 0 Å². The van der Waals surface area contributed by atoms with Crippen molar-refractivity contribution in [1.82, 2.24) is 4.72 Å². The summed E-state index contributed by atoms with van der Waals surface area (Å²) in [6.07, 6.45) is -0.324. The van der Waals surface area contributed by atoms with Gasteiger partial charge >= 0.3 is 0 Å². The summed E-state index contributed by atoms with van der Waals surface area (Å²) in [5.74, 6) is -0.772. The fourth-order valence-corrected chi connectivity index (χ4v) is 7.84. The van der Waals surface area contributed by atoms with E-state index < -0.39 is 14.8 Å². The van der Waals surface area contributed by atoms with Crippen molar-refractivity contribution in [2.24, 2.45) is 0 Å². The highest BCUT2D eigenvalue weighted by Crippen LogP contribution is 2.46. The number of benzene rings is 5. The first-order chi connectivity index (χ1) is 20.7. The predicted octanol–water partition coefficient (Wildman–Crippen LogP) is 6.30. The van der Waals surface area contributed by atoms with Crippen LogP contribution in [0.1, 0.15) is 34.2 Å². The highest BCUT2D eigenvalue weighted by Gasteiger charge is 2.49. The third-order valence-corrected chi connectivity index (χ3v) is 10.4. The number of carbonyl (C=O) groups excluding carboxylic acids is 2. The molecule has 0 bridgehead atoms. The van der Waals surface area contributed by atoms with E-state index in [1.54, 1.807) is 24.3 Å². The molecule has 1 unspecified atom stereocenters. The van der Waals surface area contributed by atoms with Gasteiger partial charge in [-0.15, -0.1) is 0 Å². The summed E-state index contributed by atoms with van der Waals surface area (Å²) in [7, 11) is -2.62. The van der Waals surface area contributed by atoms with Gasteiger partial charge in [0.25, 0.3) is 0 Å². The van der Waals surface area contributed by atoms with Crippen molar-refractivity contribution in [3.8, 4) is 0 Å². The lowest BCUT2D eigenvalue weighted by Gasteiger charge is -2.36. The number of nitrogens with one attached hydrogen (secondary N) is 2. The van der Waals surface area contributed by atoms with E-state index in [0.29, 0.717) is 33.8 Å². The lowest BCUT2D eigenvalue weighted by molar-refractivity contribution is -0.124. The minimum absolute atomic E-state index is 0.324. The van der Waals surface area contributed by atoms with E-state index in [2.05, 4.69) is 10.0 Å². The molecule has 0 aliphatic carbocycles. The zero-order valence-corrected chi connectivity index (χ0v) is 24.9. The number of nitrogens with zero attached hydrogens (tertiary/aromatic N) is 1. The smallest absolute Gasteiger partial charge is 0.241 e. The van der Waals surface area contributed by atoms with Crippen molar-refractivity contribution in [3.63, 3.8) is 0 Å². The summed E-state index contributed by atoms with van der Waals surface area (Å²) in [6.45, 7) is 3.90. The first-order valence-electron chi connectivity index (χ1n) is 14.0. The molecule has 8 heteroatoms. The van der Waals surface area contributed by atoms with Gasteiger partial charge in [0.2, 0.25) is 21.8 Å². The molecule has 1 aliphatic rings. The Morgan fingerprint density at radius 3 is 2.16 bits per heavy atom. The second kappa shape index (κ2) is 10.8. The van der Waals surface area contributed by atoms with E-state index in [1.165, 1.54) is 11.9 Å². The number of carbonyl (C=O) groups is 2. The maximum Gasteiger partial charge on any atom is 0.241 e. The van der Waals surface area contributed by atoms with Crippen LogP contribution in [0.3, 0.4) is 0 Å². The molecule has 43 heavy (non-hydrogen) atoms. The zero-order chi connectivity index (χ0) is 30.4. The van der Waals surface area contributed by atoms with Crippen molar-refractivity contribution >= 4 is 49.7 Å². The third kappa shape index (κ3) is 4.50. The van der Waals surface area contributed by atoms with Gasteiger partial charge in [0.05, 0.1) is 11.4 Å².